The van der Waals surface area contributed by atoms with Crippen LogP contribution in [0.3, 0.4) is 0 Å². The fraction of sp³-hybridized carbons (Fsp3) is 0.793. The van der Waals surface area contributed by atoms with Gasteiger partial charge in [-0.2, -0.15) is 11.8 Å². The molecule has 0 bridgehead atoms. The van der Waals surface area contributed by atoms with Crippen LogP contribution in [0.1, 0.15) is 53.4 Å². The highest BCUT2D eigenvalue weighted by atomic mass is 32.2. The fourth-order valence-electron chi connectivity index (χ4n) is 3.60. The van der Waals surface area contributed by atoms with E-state index in [9.17, 15) is 33.9 Å². The quantitative estimate of drug-likeness (QED) is 0.0506. The molecule has 8 N–H and O–H groups in total. The van der Waals surface area contributed by atoms with Gasteiger partial charge in [-0.25, -0.2) is 9.59 Å². The smallest absolute Gasteiger partial charge is 0.438 e. The molecule has 0 fully saturated rings. The van der Waals surface area contributed by atoms with Crippen LogP contribution < -0.4 is 27.4 Å². The Morgan fingerprint density at radius 1 is 0.833 bits per heavy atom. The highest BCUT2D eigenvalue weighted by molar-refractivity contribution is 7.99. The van der Waals surface area contributed by atoms with Gasteiger partial charge in [-0.05, 0) is 40.5 Å². The third-order valence-electron chi connectivity index (χ3n) is 6.51. The lowest BCUT2D eigenvalue weighted by Crippen LogP contribution is -2.54. The molecule has 0 heterocycles. The van der Waals surface area contributed by atoms with E-state index in [1.165, 1.54) is 11.8 Å². The van der Waals surface area contributed by atoms with Gasteiger partial charge >= 0.3 is 12.3 Å². The molecule has 0 aliphatic carbocycles. The lowest BCUT2D eigenvalue weighted by molar-refractivity contribution is -0.130. The van der Waals surface area contributed by atoms with Gasteiger partial charge < -0.3 is 60.9 Å². The minimum atomic E-state index is -1.25. The van der Waals surface area contributed by atoms with Crippen LogP contribution in [0.25, 0.3) is 0 Å². The number of methoxy groups -OCH3 is 2. The highest BCUT2D eigenvalue weighted by Crippen LogP contribution is 2.20. The van der Waals surface area contributed by atoms with E-state index in [4.69, 9.17) is 30.4 Å². The Bertz CT molecular complexity index is 1030. The monoisotopic (exact) mass is 711 g/mol. The number of amides is 4. The highest BCUT2D eigenvalue weighted by Gasteiger charge is 2.26. The first-order valence-electron chi connectivity index (χ1n) is 15.3. The molecule has 18 nitrogen and oxygen atoms in total. The molecule has 0 aliphatic rings. The SMILES string of the molecule is COC(=O)OCC[C@H](CSCC(N)C(=O)N[C@@H](CO)C(=O)NCCOC(C)(C)CCOC(C)(C)CCC(=O)NCC(N)=O)OC(=O)OC. The van der Waals surface area contributed by atoms with Gasteiger partial charge in [0.15, 0.2) is 0 Å². The van der Waals surface area contributed by atoms with Gasteiger partial charge in [-0.15, -0.1) is 0 Å². The van der Waals surface area contributed by atoms with Crippen molar-refractivity contribution in [3.8, 4) is 0 Å². The molecule has 0 rings (SSSR count). The number of primary amides is 1. The lowest BCUT2D eigenvalue weighted by atomic mass is 10.0. The summed E-state index contributed by atoms with van der Waals surface area (Å²) < 4.78 is 30.6. The molecule has 0 spiro atoms. The topological polar surface area (TPSA) is 266 Å². The minimum absolute atomic E-state index is 0.0839. The van der Waals surface area contributed by atoms with Gasteiger partial charge in [0.2, 0.25) is 23.6 Å². The number of rotatable bonds is 25. The minimum Gasteiger partial charge on any atom is -0.438 e. The Hall–Kier alpha value is -3.39. The van der Waals surface area contributed by atoms with Gasteiger partial charge in [-0.1, -0.05) is 0 Å². The van der Waals surface area contributed by atoms with E-state index in [1.807, 2.05) is 27.7 Å². The van der Waals surface area contributed by atoms with E-state index in [-0.39, 0.29) is 56.6 Å². The van der Waals surface area contributed by atoms with E-state index in [2.05, 4.69) is 25.4 Å². The van der Waals surface area contributed by atoms with E-state index >= 15 is 0 Å². The van der Waals surface area contributed by atoms with Gasteiger partial charge in [-0.3, -0.25) is 19.2 Å². The largest absolute Gasteiger partial charge is 0.508 e. The average Bonchev–Trinajstić information content (AvgIpc) is 3.02. The summed E-state index contributed by atoms with van der Waals surface area (Å²) in [5.74, 6) is -1.94. The van der Waals surface area contributed by atoms with Crippen LogP contribution in [-0.4, -0.2) is 136 Å². The molecule has 48 heavy (non-hydrogen) atoms. The maximum absolute atomic E-state index is 12.6. The molecule has 0 aromatic heterocycles. The van der Waals surface area contributed by atoms with Gasteiger partial charge in [0.1, 0.15) is 12.1 Å². The summed E-state index contributed by atoms with van der Waals surface area (Å²) in [6.45, 7) is 7.04. The average molecular weight is 712 g/mol. The van der Waals surface area contributed by atoms with Crippen molar-refractivity contribution in [2.45, 2.75) is 82.8 Å². The number of nitrogens with one attached hydrogen (secondary N) is 3. The molecule has 0 saturated heterocycles. The second-order valence-electron chi connectivity index (χ2n) is 11.7. The molecule has 0 aromatic rings. The summed E-state index contributed by atoms with van der Waals surface area (Å²) >= 11 is 1.18. The summed E-state index contributed by atoms with van der Waals surface area (Å²) in [6.07, 6.45) is -1.28. The number of carbonyl (C=O) groups is 6. The first-order valence-corrected chi connectivity index (χ1v) is 16.4. The van der Waals surface area contributed by atoms with E-state index < -0.39 is 66.0 Å². The van der Waals surface area contributed by atoms with Crippen molar-refractivity contribution in [3.05, 3.63) is 0 Å². The molecule has 0 saturated carbocycles. The molecular weight excluding hydrogens is 658 g/mol. The van der Waals surface area contributed by atoms with E-state index in [0.29, 0.717) is 19.4 Å². The molecule has 4 amide bonds. The van der Waals surface area contributed by atoms with Gasteiger partial charge in [0, 0.05) is 30.9 Å². The van der Waals surface area contributed by atoms with Gasteiger partial charge in [0.05, 0.1) is 64.4 Å². The summed E-state index contributed by atoms with van der Waals surface area (Å²) in [7, 11) is 2.30. The van der Waals surface area contributed by atoms with Crippen LogP contribution in [-0.2, 0) is 47.6 Å². The molecule has 0 aromatic carbocycles. The second-order valence-corrected chi connectivity index (χ2v) is 12.7. The van der Waals surface area contributed by atoms with Crippen LogP contribution in [0, 0.1) is 0 Å². The lowest BCUT2D eigenvalue weighted by Gasteiger charge is -2.30. The number of carbonyl (C=O) groups excluding carboxylic acids is 6. The van der Waals surface area contributed by atoms with Crippen molar-refractivity contribution < 1.29 is 62.3 Å². The van der Waals surface area contributed by atoms with Crippen LogP contribution in [0.4, 0.5) is 9.59 Å². The zero-order chi connectivity index (χ0) is 36.8. The molecular formula is C29H53N5O13S. The van der Waals surface area contributed by atoms with Crippen LogP contribution in [0.2, 0.25) is 0 Å². The zero-order valence-corrected chi connectivity index (χ0v) is 29.4. The third kappa shape index (κ3) is 22.2. The maximum atomic E-state index is 12.6. The van der Waals surface area contributed by atoms with E-state index in [0.717, 1.165) is 14.2 Å². The molecule has 0 aliphatic heterocycles. The Labute approximate surface area is 285 Å². The molecule has 19 heteroatoms. The van der Waals surface area contributed by atoms with Crippen molar-refractivity contribution >= 4 is 47.7 Å². The molecule has 3 atom stereocenters. The summed E-state index contributed by atoms with van der Waals surface area (Å²) in [5.41, 5.74) is 9.77. The van der Waals surface area contributed by atoms with Gasteiger partial charge in [0.25, 0.3) is 0 Å². The summed E-state index contributed by atoms with van der Waals surface area (Å²) in [4.78, 5) is 70.4. The van der Waals surface area contributed by atoms with Crippen LogP contribution in [0.5, 0.6) is 0 Å². The number of hydrogen-bond acceptors (Lipinski definition) is 15. The van der Waals surface area contributed by atoms with E-state index in [1.54, 1.807) is 0 Å². The molecule has 1 unspecified atom stereocenters. The number of aliphatic hydroxyl groups is 1. The van der Waals surface area contributed by atoms with Crippen molar-refractivity contribution in [3.63, 3.8) is 0 Å². The standard InChI is InChI=1S/C29H53N5O13S/c1-28(2,9-7-23(37)33-15-22(31)36)45-13-10-29(3,4)46-14-11-32-25(39)21(16-35)34-24(38)20(30)18-48-17-19(47-27(41)43-6)8-12-44-26(40)42-5/h19-21,35H,7-18,30H2,1-6H3,(H2,31,36)(H,32,39)(H,33,37)(H,34,38)/t19-,20?,21+/m1/s1. The molecule has 278 valence electrons. The Morgan fingerprint density at radius 2 is 1.46 bits per heavy atom. The fourth-order valence-corrected chi connectivity index (χ4v) is 4.64. The number of thioether (sulfide) groups is 1. The first kappa shape index (κ1) is 44.6. The van der Waals surface area contributed by atoms with Crippen LogP contribution in [0.15, 0.2) is 0 Å². The maximum Gasteiger partial charge on any atom is 0.508 e. The van der Waals surface area contributed by atoms with Crippen molar-refractivity contribution in [2.24, 2.45) is 11.5 Å². The second kappa shape index (κ2) is 23.9. The number of nitrogens with two attached hydrogens (primary N) is 2. The van der Waals surface area contributed by atoms with Crippen molar-refractivity contribution in [1.29, 1.82) is 0 Å². The predicted octanol–water partition coefficient (Wildman–Crippen LogP) is -0.673. The van der Waals surface area contributed by atoms with Crippen LogP contribution >= 0.6 is 11.8 Å². The first-order chi connectivity index (χ1) is 22.4. The zero-order valence-electron chi connectivity index (χ0n) is 28.6. The normalized spacial score (nSPS) is 13.3. The Morgan fingerprint density at radius 3 is 2.06 bits per heavy atom. The summed E-state index contributed by atoms with van der Waals surface area (Å²) in [6, 6.07) is -2.31. The third-order valence-corrected chi connectivity index (χ3v) is 7.72. The Balaban J connectivity index is 4.52. The number of hydrogen-bond donors (Lipinski definition) is 6. The van der Waals surface area contributed by atoms with Crippen molar-refractivity contribution in [1.82, 2.24) is 16.0 Å². The van der Waals surface area contributed by atoms with Crippen molar-refractivity contribution in [2.75, 3.05) is 65.2 Å². The molecule has 0 radical (unpaired) electrons. The summed E-state index contributed by atoms with van der Waals surface area (Å²) in [5, 5.41) is 17.1. The number of ether oxygens (including phenoxy) is 6. The Kier molecular flexibility index (Phi) is 22.2. The predicted molar refractivity (Wildman–Crippen MR) is 174 cm³/mol. The number of aliphatic hydroxyl groups excluding tert-OH is 1.